The average Bonchev–Trinajstić information content (AvgIpc) is 3.01. The summed E-state index contributed by atoms with van der Waals surface area (Å²) in [4.78, 5) is 4.05. The van der Waals surface area contributed by atoms with Gasteiger partial charge in [-0.2, -0.15) is 0 Å². The largest absolute Gasteiger partial charge is 0.267 e. The molecule has 0 amide bonds. The average molecular weight is 226 g/mol. The molecule has 1 aromatic rings. The Kier molecular flexibility index (Phi) is 2.65. The molecule has 1 aromatic heterocycles. The van der Waals surface area contributed by atoms with Gasteiger partial charge in [0.1, 0.15) is 5.82 Å². The van der Waals surface area contributed by atoms with E-state index in [1.807, 2.05) is 19.1 Å². The highest BCUT2D eigenvalue weighted by Crippen LogP contribution is 2.29. The van der Waals surface area contributed by atoms with E-state index in [4.69, 9.17) is 0 Å². The third kappa shape index (κ3) is 2.28. The van der Waals surface area contributed by atoms with E-state index in [-0.39, 0.29) is 5.25 Å². The maximum atomic E-state index is 11.7. The van der Waals surface area contributed by atoms with Gasteiger partial charge in [-0.3, -0.25) is 4.72 Å². The number of hydrogen-bond acceptors (Lipinski definition) is 3. The first kappa shape index (κ1) is 10.4. The number of nitrogens with zero attached hydrogens (tertiary/aromatic N) is 1. The van der Waals surface area contributed by atoms with Crippen molar-refractivity contribution in [3.63, 3.8) is 0 Å². The molecule has 1 heterocycles. The van der Waals surface area contributed by atoms with Crippen LogP contribution in [0.5, 0.6) is 0 Å². The van der Waals surface area contributed by atoms with Crippen LogP contribution < -0.4 is 4.72 Å². The fraction of sp³-hybridized carbons (Fsp3) is 0.500. The van der Waals surface area contributed by atoms with Gasteiger partial charge in [-0.25, -0.2) is 13.4 Å². The monoisotopic (exact) mass is 226 g/mol. The van der Waals surface area contributed by atoms with Crippen LogP contribution in [0.25, 0.3) is 0 Å². The minimum absolute atomic E-state index is 0.204. The van der Waals surface area contributed by atoms with Crippen LogP contribution in [0.1, 0.15) is 25.3 Å². The second-order valence-electron chi connectivity index (χ2n) is 3.71. The van der Waals surface area contributed by atoms with E-state index in [9.17, 15) is 8.42 Å². The number of anilines is 1. The van der Waals surface area contributed by atoms with Crippen LogP contribution in [0.4, 0.5) is 5.82 Å². The van der Waals surface area contributed by atoms with Crippen LogP contribution in [-0.4, -0.2) is 18.7 Å². The van der Waals surface area contributed by atoms with Gasteiger partial charge in [-0.1, -0.05) is 13.0 Å². The van der Waals surface area contributed by atoms with Crippen LogP contribution >= 0.6 is 0 Å². The van der Waals surface area contributed by atoms with Crippen molar-refractivity contribution in [2.24, 2.45) is 0 Å². The maximum Gasteiger partial charge on any atom is 0.236 e. The van der Waals surface area contributed by atoms with Crippen molar-refractivity contribution >= 4 is 15.8 Å². The fourth-order valence-corrected chi connectivity index (χ4v) is 2.79. The number of aryl methyl sites for hydroxylation is 1. The number of hydrogen-bond donors (Lipinski definition) is 1. The number of pyridine rings is 1. The molecule has 0 aliphatic heterocycles. The summed E-state index contributed by atoms with van der Waals surface area (Å²) in [5.74, 6) is 0.479. The van der Waals surface area contributed by atoms with Gasteiger partial charge in [0.05, 0.1) is 5.25 Å². The third-order valence-electron chi connectivity index (χ3n) is 2.47. The van der Waals surface area contributed by atoms with Gasteiger partial charge >= 0.3 is 0 Å². The Labute approximate surface area is 89.8 Å². The zero-order valence-electron chi connectivity index (χ0n) is 8.60. The smallest absolute Gasteiger partial charge is 0.236 e. The Balaban J connectivity index is 2.23. The van der Waals surface area contributed by atoms with E-state index in [1.165, 1.54) is 0 Å². The number of aromatic nitrogens is 1. The molecule has 5 heteroatoms. The van der Waals surface area contributed by atoms with Gasteiger partial charge in [0, 0.05) is 6.20 Å². The van der Waals surface area contributed by atoms with Gasteiger partial charge in [-0.05, 0) is 30.9 Å². The van der Waals surface area contributed by atoms with Crippen molar-refractivity contribution in [1.29, 1.82) is 0 Å². The lowest BCUT2D eigenvalue weighted by Crippen LogP contribution is -2.19. The molecule has 0 spiro atoms. The number of nitrogens with one attached hydrogen (secondary N) is 1. The highest BCUT2D eigenvalue weighted by Gasteiger charge is 2.36. The molecule has 0 bridgehead atoms. The van der Waals surface area contributed by atoms with Crippen molar-refractivity contribution in [3.8, 4) is 0 Å². The molecule has 1 fully saturated rings. The predicted octanol–water partition coefficient (Wildman–Crippen LogP) is 1.55. The van der Waals surface area contributed by atoms with Crippen LogP contribution in [0.15, 0.2) is 18.3 Å². The molecule has 2 rings (SSSR count). The summed E-state index contributed by atoms with van der Waals surface area (Å²) in [6, 6.07) is 3.70. The lowest BCUT2D eigenvalue weighted by Gasteiger charge is -2.09. The van der Waals surface area contributed by atoms with E-state index < -0.39 is 10.0 Å². The summed E-state index contributed by atoms with van der Waals surface area (Å²) in [7, 11) is -3.19. The first-order valence-corrected chi connectivity index (χ1v) is 6.63. The zero-order chi connectivity index (χ0) is 10.9. The number of rotatable bonds is 4. The van der Waals surface area contributed by atoms with Crippen LogP contribution in [0.3, 0.4) is 0 Å². The van der Waals surface area contributed by atoms with Crippen LogP contribution in [0, 0.1) is 0 Å². The SMILES string of the molecule is CCc1cccnc1NS(=O)(=O)C1CC1. The first-order chi connectivity index (χ1) is 7.13. The highest BCUT2D eigenvalue weighted by molar-refractivity contribution is 7.93. The molecule has 0 atom stereocenters. The lowest BCUT2D eigenvalue weighted by atomic mass is 10.2. The Morgan fingerprint density at radius 1 is 1.53 bits per heavy atom. The fourth-order valence-electron chi connectivity index (χ4n) is 1.41. The van der Waals surface area contributed by atoms with E-state index >= 15 is 0 Å². The van der Waals surface area contributed by atoms with Gasteiger partial charge in [-0.15, -0.1) is 0 Å². The number of sulfonamides is 1. The quantitative estimate of drug-likeness (QED) is 0.847. The molecule has 4 nitrogen and oxygen atoms in total. The highest BCUT2D eigenvalue weighted by atomic mass is 32.2. The summed E-state index contributed by atoms with van der Waals surface area (Å²) in [6.45, 7) is 1.98. The van der Waals surface area contributed by atoms with Gasteiger partial charge < -0.3 is 0 Å². The normalized spacial score (nSPS) is 16.3. The van der Waals surface area contributed by atoms with Crippen molar-refractivity contribution in [2.75, 3.05) is 4.72 Å². The summed E-state index contributed by atoms with van der Waals surface area (Å²) in [5, 5.41) is -0.204. The second-order valence-corrected chi connectivity index (χ2v) is 5.67. The minimum atomic E-state index is -3.19. The van der Waals surface area contributed by atoms with Crippen molar-refractivity contribution in [3.05, 3.63) is 23.9 Å². The molecule has 0 saturated heterocycles. The summed E-state index contributed by atoms with van der Waals surface area (Å²) in [5.41, 5.74) is 0.932. The minimum Gasteiger partial charge on any atom is -0.267 e. The van der Waals surface area contributed by atoms with E-state index in [2.05, 4.69) is 9.71 Å². The second kappa shape index (κ2) is 3.81. The van der Waals surface area contributed by atoms with Crippen LogP contribution in [0.2, 0.25) is 0 Å². The molecule has 0 radical (unpaired) electrons. The van der Waals surface area contributed by atoms with Gasteiger partial charge in [0.15, 0.2) is 0 Å². The van der Waals surface area contributed by atoms with Crippen molar-refractivity contribution < 1.29 is 8.42 Å². The Bertz CT molecular complexity index is 452. The van der Waals surface area contributed by atoms with E-state index in [0.717, 1.165) is 24.8 Å². The first-order valence-electron chi connectivity index (χ1n) is 5.09. The predicted molar refractivity (Wildman–Crippen MR) is 59.2 cm³/mol. The molecule has 0 aromatic carbocycles. The maximum absolute atomic E-state index is 11.7. The van der Waals surface area contributed by atoms with Gasteiger partial charge in [0.25, 0.3) is 0 Å². The standard InChI is InChI=1S/C10H14N2O2S/c1-2-8-4-3-7-11-10(8)12-15(13,14)9-5-6-9/h3-4,7,9H,2,5-6H2,1H3,(H,11,12). The summed E-state index contributed by atoms with van der Waals surface area (Å²) in [6.07, 6.45) is 3.91. The molecule has 1 saturated carbocycles. The summed E-state index contributed by atoms with van der Waals surface area (Å²) < 4.78 is 25.9. The topological polar surface area (TPSA) is 59.1 Å². The van der Waals surface area contributed by atoms with Crippen molar-refractivity contribution in [2.45, 2.75) is 31.4 Å². The molecule has 15 heavy (non-hydrogen) atoms. The van der Waals surface area contributed by atoms with Gasteiger partial charge in [0.2, 0.25) is 10.0 Å². The van der Waals surface area contributed by atoms with Crippen molar-refractivity contribution in [1.82, 2.24) is 4.98 Å². The van der Waals surface area contributed by atoms with E-state index in [1.54, 1.807) is 6.20 Å². The molecular weight excluding hydrogens is 212 g/mol. The summed E-state index contributed by atoms with van der Waals surface area (Å²) >= 11 is 0. The molecule has 1 N–H and O–H groups in total. The molecular formula is C10H14N2O2S. The molecule has 1 aliphatic carbocycles. The Hall–Kier alpha value is -1.10. The Morgan fingerprint density at radius 3 is 2.87 bits per heavy atom. The molecule has 82 valence electrons. The molecule has 0 unspecified atom stereocenters. The third-order valence-corrected chi connectivity index (χ3v) is 4.30. The van der Waals surface area contributed by atoms with Crippen LogP contribution in [-0.2, 0) is 16.4 Å². The zero-order valence-corrected chi connectivity index (χ0v) is 9.42. The molecule has 1 aliphatic rings. The Morgan fingerprint density at radius 2 is 2.27 bits per heavy atom. The lowest BCUT2D eigenvalue weighted by molar-refractivity contribution is 0.599. The van der Waals surface area contributed by atoms with E-state index in [0.29, 0.717) is 5.82 Å².